The van der Waals surface area contributed by atoms with E-state index in [-0.39, 0.29) is 0 Å². The van der Waals surface area contributed by atoms with Crippen molar-refractivity contribution in [3.05, 3.63) is 48.2 Å². The third kappa shape index (κ3) is 2.59. The summed E-state index contributed by atoms with van der Waals surface area (Å²) in [6, 6.07) is 10.8. The maximum atomic E-state index is 5.21. The van der Waals surface area contributed by atoms with Gasteiger partial charge in [-0.05, 0) is 25.0 Å². The van der Waals surface area contributed by atoms with E-state index >= 15 is 0 Å². The van der Waals surface area contributed by atoms with Crippen LogP contribution in [0.3, 0.4) is 0 Å². The van der Waals surface area contributed by atoms with E-state index < -0.39 is 0 Å². The number of fused-ring (bicyclic) bond motifs is 2. The van der Waals surface area contributed by atoms with E-state index in [4.69, 9.17) is 9.72 Å². The second kappa shape index (κ2) is 6.06. The Bertz CT molecular complexity index is 1080. The van der Waals surface area contributed by atoms with E-state index in [9.17, 15) is 0 Å². The van der Waals surface area contributed by atoms with Crippen molar-refractivity contribution in [2.45, 2.75) is 32.0 Å². The molecule has 1 N–H and O–H groups in total. The molecular weight excluding hydrogens is 330 g/mol. The van der Waals surface area contributed by atoms with Crippen LogP contribution < -0.4 is 5.32 Å². The number of benzene rings is 1. The SMILES string of the molecule is COCc1cc(NCc2nc3ccccc3n2C2CC2)n2ncnc2n1. The normalized spacial score (nSPS) is 14.3. The predicted octanol–water partition coefficient (Wildman–Crippen LogP) is 2.57. The van der Waals surface area contributed by atoms with Crippen molar-refractivity contribution in [2.75, 3.05) is 12.4 Å². The van der Waals surface area contributed by atoms with Gasteiger partial charge in [0.25, 0.3) is 5.78 Å². The van der Waals surface area contributed by atoms with Crippen LogP contribution in [-0.2, 0) is 17.9 Å². The Morgan fingerprint density at radius 2 is 2.12 bits per heavy atom. The van der Waals surface area contributed by atoms with Gasteiger partial charge in [-0.3, -0.25) is 0 Å². The minimum absolute atomic E-state index is 0.429. The largest absolute Gasteiger partial charge is 0.378 e. The molecule has 1 fully saturated rings. The van der Waals surface area contributed by atoms with E-state index in [0.717, 1.165) is 22.9 Å². The average Bonchev–Trinajstić information content (AvgIpc) is 3.25. The molecule has 0 aliphatic heterocycles. The molecule has 0 unspecified atom stereocenters. The minimum atomic E-state index is 0.429. The molecule has 0 amide bonds. The summed E-state index contributed by atoms with van der Waals surface area (Å²) >= 11 is 0. The van der Waals surface area contributed by atoms with Gasteiger partial charge >= 0.3 is 0 Å². The van der Waals surface area contributed by atoms with Gasteiger partial charge in [-0.2, -0.15) is 14.6 Å². The molecule has 1 saturated carbocycles. The number of hydrogen-bond donors (Lipinski definition) is 1. The molecule has 8 heteroatoms. The number of ether oxygens (including phenoxy) is 1. The smallest absolute Gasteiger partial charge is 0.254 e. The lowest BCUT2D eigenvalue weighted by atomic mass is 10.3. The standard InChI is InChI=1S/C18H19N7O/c1-26-10-12-8-16(25-18(22-12)20-11-21-25)19-9-17-23-14-4-2-3-5-15(14)24(17)13-6-7-13/h2-5,8,11,13,19H,6-7,9-10H2,1H3. The van der Waals surface area contributed by atoms with Gasteiger partial charge in [0.05, 0.1) is 29.9 Å². The molecule has 8 nitrogen and oxygen atoms in total. The first-order chi connectivity index (χ1) is 12.8. The monoisotopic (exact) mass is 349 g/mol. The molecule has 1 aliphatic carbocycles. The van der Waals surface area contributed by atoms with Crippen molar-refractivity contribution in [1.82, 2.24) is 29.1 Å². The number of imidazole rings is 1. The highest BCUT2D eigenvalue weighted by atomic mass is 16.5. The maximum absolute atomic E-state index is 5.21. The Morgan fingerprint density at radius 1 is 1.23 bits per heavy atom. The Morgan fingerprint density at radius 3 is 2.96 bits per heavy atom. The zero-order chi connectivity index (χ0) is 17.5. The van der Waals surface area contributed by atoms with E-state index in [0.29, 0.717) is 25.0 Å². The van der Waals surface area contributed by atoms with Crippen LogP contribution in [-0.4, -0.2) is 36.2 Å². The van der Waals surface area contributed by atoms with Crippen molar-refractivity contribution in [1.29, 1.82) is 0 Å². The Hall–Kier alpha value is -3.00. The van der Waals surface area contributed by atoms with E-state index in [1.165, 1.54) is 24.7 Å². The molecule has 5 rings (SSSR count). The van der Waals surface area contributed by atoms with Crippen molar-refractivity contribution < 1.29 is 4.74 Å². The van der Waals surface area contributed by atoms with Gasteiger partial charge < -0.3 is 14.6 Å². The quantitative estimate of drug-likeness (QED) is 0.576. The molecule has 1 aliphatic rings. The molecule has 26 heavy (non-hydrogen) atoms. The van der Waals surface area contributed by atoms with Gasteiger partial charge in [0, 0.05) is 19.2 Å². The van der Waals surface area contributed by atoms with Crippen LogP contribution in [0.1, 0.15) is 30.4 Å². The topological polar surface area (TPSA) is 82.2 Å². The molecule has 0 radical (unpaired) electrons. The molecule has 0 bridgehead atoms. The van der Waals surface area contributed by atoms with Gasteiger partial charge in [-0.1, -0.05) is 12.1 Å². The lowest BCUT2D eigenvalue weighted by molar-refractivity contribution is 0.181. The molecule has 0 spiro atoms. The number of nitrogens with zero attached hydrogens (tertiary/aromatic N) is 6. The second-order valence-electron chi connectivity index (χ2n) is 6.51. The number of hydrogen-bond acceptors (Lipinski definition) is 6. The van der Waals surface area contributed by atoms with E-state index in [1.54, 1.807) is 11.6 Å². The van der Waals surface area contributed by atoms with Crippen LogP contribution in [0, 0.1) is 0 Å². The molecule has 1 aromatic carbocycles. The summed E-state index contributed by atoms with van der Waals surface area (Å²) in [7, 11) is 1.65. The molecular formula is C18H19N7O. The van der Waals surface area contributed by atoms with Gasteiger partial charge in [0.1, 0.15) is 18.0 Å². The summed E-state index contributed by atoms with van der Waals surface area (Å²) in [4.78, 5) is 13.5. The van der Waals surface area contributed by atoms with Crippen LogP contribution in [0.15, 0.2) is 36.7 Å². The third-order valence-corrected chi connectivity index (χ3v) is 4.61. The number of rotatable bonds is 6. The summed E-state index contributed by atoms with van der Waals surface area (Å²) in [5, 5.41) is 7.71. The average molecular weight is 349 g/mol. The molecule has 132 valence electrons. The van der Waals surface area contributed by atoms with Crippen molar-refractivity contribution >= 4 is 22.6 Å². The first-order valence-corrected chi connectivity index (χ1v) is 8.72. The van der Waals surface area contributed by atoms with Crippen LogP contribution in [0.5, 0.6) is 0 Å². The van der Waals surface area contributed by atoms with Gasteiger partial charge in [-0.15, -0.1) is 0 Å². The van der Waals surface area contributed by atoms with Gasteiger partial charge in [0.2, 0.25) is 0 Å². The fourth-order valence-corrected chi connectivity index (χ4v) is 3.34. The summed E-state index contributed by atoms with van der Waals surface area (Å²) in [5.41, 5.74) is 3.05. The first kappa shape index (κ1) is 15.3. The molecule has 0 atom stereocenters. The number of anilines is 1. The van der Waals surface area contributed by atoms with Crippen LogP contribution in [0.2, 0.25) is 0 Å². The molecule has 3 aromatic heterocycles. The fourth-order valence-electron chi connectivity index (χ4n) is 3.34. The number of methoxy groups -OCH3 is 1. The minimum Gasteiger partial charge on any atom is -0.378 e. The highest BCUT2D eigenvalue weighted by Gasteiger charge is 2.28. The van der Waals surface area contributed by atoms with Crippen LogP contribution >= 0.6 is 0 Å². The highest BCUT2D eigenvalue weighted by Crippen LogP contribution is 2.38. The van der Waals surface area contributed by atoms with Crippen molar-refractivity contribution in [2.24, 2.45) is 0 Å². The van der Waals surface area contributed by atoms with E-state index in [2.05, 4.69) is 43.1 Å². The second-order valence-corrected chi connectivity index (χ2v) is 6.51. The van der Waals surface area contributed by atoms with Crippen LogP contribution in [0.4, 0.5) is 5.82 Å². The number of nitrogens with one attached hydrogen (secondary N) is 1. The first-order valence-electron chi connectivity index (χ1n) is 8.72. The lowest BCUT2D eigenvalue weighted by Gasteiger charge is -2.11. The summed E-state index contributed by atoms with van der Waals surface area (Å²) in [5.74, 6) is 2.42. The number of para-hydroxylation sites is 2. The highest BCUT2D eigenvalue weighted by molar-refractivity contribution is 5.76. The summed E-state index contributed by atoms with van der Waals surface area (Å²) in [6.45, 7) is 1.04. The van der Waals surface area contributed by atoms with Crippen LogP contribution in [0.25, 0.3) is 16.8 Å². The van der Waals surface area contributed by atoms with Crippen molar-refractivity contribution in [3.8, 4) is 0 Å². The predicted molar refractivity (Wildman–Crippen MR) is 96.8 cm³/mol. The van der Waals surface area contributed by atoms with Gasteiger partial charge in [-0.25, -0.2) is 9.97 Å². The van der Waals surface area contributed by atoms with E-state index in [1.807, 2.05) is 12.1 Å². The summed E-state index contributed by atoms with van der Waals surface area (Å²) < 4.78 is 9.26. The number of aromatic nitrogens is 6. The third-order valence-electron chi connectivity index (χ3n) is 4.61. The fraction of sp³-hybridized carbons (Fsp3) is 0.333. The van der Waals surface area contributed by atoms with Gasteiger partial charge in [0.15, 0.2) is 0 Å². The Balaban J connectivity index is 1.50. The summed E-state index contributed by atoms with van der Waals surface area (Å²) in [6.07, 6.45) is 3.94. The lowest BCUT2D eigenvalue weighted by Crippen LogP contribution is -2.12. The molecule has 3 heterocycles. The Labute approximate surface area is 149 Å². The zero-order valence-corrected chi connectivity index (χ0v) is 14.5. The molecule has 4 aromatic rings. The van der Waals surface area contributed by atoms with Crippen molar-refractivity contribution in [3.63, 3.8) is 0 Å². The Kier molecular flexibility index (Phi) is 3.56. The zero-order valence-electron chi connectivity index (χ0n) is 14.5. The molecule has 0 saturated heterocycles. The maximum Gasteiger partial charge on any atom is 0.254 e.